The molecule has 1 heterocycles. The van der Waals surface area contributed by atoms with Crippen molar-refractivity contribution in [3.05, 3.63) is 40.1 Å². The molecular weight excluding hydrogens is 279 g/mol. The van der Waals surface area contributed by atoms with E-state index in [9.17, 15) is 4.39 Å². The molecule has 0 saturated heterocycles. The van der Waals surface area contributed by atoms with Gasteiger partial charge in [-0.25, -0.2) is 9.37 Å². The van der Waals surface area contributed by atoms with Gasteiger partial charge in [-0.1, -0.05) is 20.8 Å². The molecular formula is C14H17FN2S2. The molecule has 0 spiro atoms. The number of thioether (sulfide) groups is 1. The molecule has 2 nitrogen and oxygen atoms in total. The largest absolute Gasteiger partial charge is 0.398 e. The Bertz CT molecular complexity index is 573. The number of nitrogens with zero attached hydrogens (tertiary/aromatic N) is 1. The quantitative estimate of drug-likeness (QED) is 0.671. The lowest BCUT2D eigenvalue weighted by Crippen LogP contribution is -2.10. The predicted octanol–water partition coefficient (Wildman–Crippen LogP) is 4.45. The minimum Gasteiger partial charge on any atom is -0.398 e. The molecule has 0 aliphatic rings. The zero-order valence-corrected chi connectivity index (χ0v) is 12.9. The van der Waals surface area contributed by atoms with Crippen LogP contribution in [0.15, 0.2) is 28.5 Å². The van der Waals surface area contributed by atoms with Crippen LogP contribution in [0.25, 0.3) is 0 Å². The maximum Gasteiger partial charge on any atom is 0.125 e. The molecule has 19 heavy (non-hydrogen) atoms. The van der Waals surface area contributed by atoms with Gasteiger partial charge in [0.25, 0.3) is 0 Å². The third-order valence-corrected chi connectivity index (χ3v) is 4.98. The minimum atomic E-state index is -0.300. The van der Waals surface area contributed by atoms with E-state index in [0.29, 0.717) is 5.69 Å². The van der Waals surface area contributed by atoms with Crippen molar-refractivity contribution in [3.63, 3.8) is 0 Å². The van der Waals surface area contributed by atoms with E-state index in [0.717, 1.165) is 21.3 Å². The number of hydrogen-bond acceptors (Lipinski definition) is 4. The maximum atomic E-state index is 12.9. The Balaban J connectivity index is 2.04. The van der Waals surface area contributed by atoms with Gasteiger partial charge >= 0.3 is 0 Å². The van der Waals surface area contributed by atoms with E-state index in [1.807, 2.05) is 0 Å². The second-order valence-electron chi connectivity index (χ2n) is 5.36. The summed E-state index contributed by atoms with van der Waals surface area (Å²) in [6, 6.07) is 4.50. The Kier molecular flexibility index (Phi) is 4.16. The van der Waals surface area contributed by atoms with Gasteiger partial charge in [0, 0.05) is 27.1 Å². The standard InChI is InChI=1S/C14H17FN2S2/c1-14(2,3)13-17-10(8-19-13)7-18-12-5-4-9(15)6-11(12)16/h4-6,8H,7,16H2,1-3H3. The number of rotatable bonds is 3. The molecule has 0 fully saturated rings. The molecule has 2 N–H and O–H groups in total. The molecule has 2 aromatic rings. The first-order chi connectivity index (χ1) is 8.86. The van der Waals surface area contributed by atoms with Crippen molar-refractivity contribution in [2.45, 2.75) is 36.8 Å². The first kappa shape index (κ1) is 14.3. The van der Waals surface area contributed by atoms with Gasteiger partial charge in [0.15, 0.2) is 0 Å². The molecule has 0 atom stereocenters. The second-order valence-corrected chi connectivity index (χ2v) is 7.24. The van der Waals surface area contributed by atoms with Gasteiger partial charge in [-0.15, -0.1) is 23.1 Å². The molecule has 0 aliphatic heterocycles. The predicted molar refractivity (Wildman–Crippen MR) is 81.2 cm³/mol. The van der Waals surface area contributed by atoms with Crippen LogP contribution in [0, 0.1) is 5.82 Å². The summed E-state index contributed by atoms with van der Waals surface area (Å²) in [5.41, 5.74) is 7.39. The van der Waals surface area contributed by atoms with Crippen molar-refractivity contribution < 1.29 is 4.39 Å². The number of thiazole rings is 1. The molecule has 0 radical (unpaired) electrons. The summed E-state index contributed by atoms with van der Waals surface area (Å²) in [4.78, 5) is 5.52. The smallest absolute Gasteiger partial charge is 0.125 e. The van der Waals surface area contributed by atoms with E-state index in [4.69, 9.17) is 5.73 Å². The monoisotopic (exact) mass is 296 g/mol. The summed E-state index contributed by atoms with van der Waals surface area (Å²) in [5, 5.41) is 3.21. The number of anilines is 1. The second kappa shape index (κ2) is 5.51. The number of aromatic nitrogens is 1. The molecule has 0 unspecified atom stereocenters. The van der Waals surface area contributed by atoms with Crippen LogP contribution in [0.5, 0.6) is 0 Å². The minimum absolute atomic E-state index is 0.0858. The highest BCUT2D eigenvalue weighted by atomic mass is 32.2. The molecule has 0 bridgehead atoms. The Hall–Kier alpha value is -1.07. The fourth-order valence-electron chi connectivity index (χ4n) is 1.52. The number of benzene rings is 1. The average molecular weight is 296 g/mol. The van der Waals surface area contributed by atoms with Crippen molar-refractivity contribution in [2.24, 2.45) is 0 Å². The van der Waals surface area contributed by atoms with Crippen LogP contribution in [-0.2, 0) is 11.2 Å². The third-order valence-electron chi connectivity index (χ3n) is 2.54. The van der Waals surface area contributed by atoms with E-state index in [1.165, 1.54) is 12.1 Å². The van der Waals surface area contributed by atoms with Crippen LogP contribution < -0.4 is 5.73 Å². The van der Waals surface area contributed by atoms with Crippen molar-refractivity contribution in [1.82, 2.24) is 4.98 Å². The van der Waals surface area contributed by atoms with Crippen molar-refractivity contribution >= 4 is 28.8 Å². The van der Waals surface area contributed by atoms with Gasteiger partial charge in [0.1, 0.15) is 5.82 Å². The highest BCUT2D eigenvalue weighted by Crippen LogP contribution is 2.31. The maximum absolute atomic E-state index is 12.9. The molecule has 0 saturated carbocycles. The first-order valence-corrected chi connectivity index (χ1v) is 7.85. The molecule has 0 aliphatic carbocycles. The van der Waals surface area contributed by atoms with E-state index in [1.54, 1.807) is 29.2 Å². The molecule has 5 heteroatoms. The highest BCUT2D eigenvalue weighted by molar-refractivity contribution is 7.98. The fraction of sp³-hybridized carbons (Fsp3) is 0.357. The van der Waals surface area contributed by atoms with Gasteiger partial charge in [-0.2, -0.15) is 0 Å². The zero-order valence-electron chi connectivity index (χ0n) is 11.2. The van der Waals surface area contributed by atoms with Crippen molar-refractivity contribution in [1.29, 1.82) is 0 Å². The van der Waals surface area contributed by atoms with Gasteiger partial charge < -0.3 is 5.73 Å². The van der Waals surface area contributed by atoms with Crippen LogP contribution in [0.4, 0.5) is 10.1 Å². The van der Waals surface area contributed by atoms with Gasteiger partial charge in [-0.05, 0) is 18.2 Å². The molecule has 0 amide bonds. The lowest BCUT2D eigenvalue weighted by atomic mass is 9.98. The number of hydrogen-bond donors (Lipinski definition) is 1. The zero-order chi connectivity index (χ0) is 14.0. The van der Waals surface area contributed by atoms with Crippen LogP contribution in [0.1, 0.15) is 31.5 Å². The normalized spacial score (nSPS) is 11.8. The third kappa shape index (κ3) is 3.70. The van der Waals surface area contributed by atoms with E-state index in [2.05, 4.69) is 31.1 Å². The summed E-state index contributed by atoms with van der Waals surface area (Å²) < 4.78 is 12.9. The fourth-order valence-corrected chi connectivity index (χ4v) is 3.37. The van der Waals surface area contributed by atoms with Crippen LogP contribution in [-0.4, -0.2) is 4.98 Å². The molecule has 102 valence electrons. The van der Waals surface area contributed by atoms with Gasteiger partial charge in [0.2, 0.25) is 0 Å². The van der Waals surface area contributed by atoms with E-state index in [-0.39, 0.29) is 11.2 Å². The molecule has 2 rings (SSSR count). The number of halogens is 1. The summed E-state index contributed by atoms with van der Waals surface area (Å²) in [6.07, 6.45) is 0. The Morgan fingerprint density at radius 1 is 1.37 bits per heavy atom. The molecule has 1 aromatic heterocycles. The Morgan fingerprint density at radius 2 is 2.11 bits per heavy atom. The van der Waals surface area contributed by atoms with Crippen molar-refractivity contribution in [2.75, 3.05) is 5.73 Å². The van der Waals surface area contributed by atoms with Crippen LogP contribution in [0.3, 0.4) is 0 Å². The Morgan fingerprint density at radius 3 is 2.68 bits per heavy atom. The van der Waals surface area contributed by atoms with Crippen LogP contribution in [0.2, 0.25) is 0 Å². The van der Waals surface area contributed by atoms with E-state index < -0.39 is 0 Å². The molecule has 1 aromatic carbocycles. The highest BCUT2D eigenvalue weighted by Gasteiger charge is 2.18. The van der Waals surface area contributed by atoms with Crippen LogP contribution >= 0.6 is 23.1 Å². The average Bonchev–Trinajstić information content (AvgIpc) is 2.76. The van der Waals surface area contributed by atoms with Crippen molar-refractivity contribution in [3.8, 4) is 0 Å². The Labute approximate surface area is 121 Å². The summed E-state index contributed by atoms with van der Waals surface area (Å²) in [6.45, 7) is 6.46. The lowest BCUT2D eigenvalue weighted by Gasteiger charge is -2.13. The summed E-state index contributed by atoms with van der Waals surface area (Å²) >= 11 is 3.27. The van der Waals surface area contributed by atoms with Gasteiger partial charge in [0.05, 0.1) is 10.7 Å². The van der Waals surface area contributed by atoms with E-state index >= 15 is 0 Å². The summed E-state index contributed by atoms with van der Waals surface area (Å²) in [5.74, 6) is 0.452. The number of nitrogen functional groups attached to an aromatic ring is 1. The van der Waals surface area contributed by atoms with Gasteiger partial charge in [-0.3, -0.25) is 0 Å². The lowest BCUT2D eigenvalue weighted by molar-refractivity contribution is 0.584. The number of nitrogens with two attached hydrogens (primary N) is 1. The first-order valence-electron chi connectivity index (χ1n) is 5.99. The summed E-state index contributed by atoms with van der Waals surface area (Å²) in [7, 11) is 0. The SMILES string of the molecule is CC(C)(C)c1nc(CSc2ccc(F)cc2N)cs1. The topological polar surface area (TPSA) is 38.9 Å².